The minimum atomic E-state index is -0.378. The normalized spacial score (nSPS) is 12.1. The average molecular weight is 279 g/mol. The van der Waals surface area contributed by atoms with Crippen molar-refractivity contribution in [1.29, 1.82) is 0 Å². The molecule has 1 amide bonds. The lowest BCUT2D eigenvalue weighted by molar-refractivity contribution is -0.130. The van der Waals surface area contributed by atoms with Crippen LogP contribution in [0, 0.1) is 13.8 Å². The number of nitrogens with zero attached hydrogens (tertiary/aromatic N) is 1. The van der Waals surface area contributed by atoms with E-state index in [-0.39, 0.29) is 12.0 Å². The number of aliphatic hydroxyl groups excluding tert-OH is 1. The summed E-state index contributed by atoms with van der Waals surface area (Å²) < 4.78 is 5.67. The molecule has 0 aliphatic rings. The Morgan fingerprint density at radius 2 is 2.10 bits per heavy atom. The lowest BCUT2D eigenvalue weighted by Gasteiger charge is -2.18. The third-order valence-corrected chi connectivity index (χ3v) is 3.44. The van der Waals surface area contributed by atoms with Gasteiger partial charge in [-0.25, -0.2) is 0 Å². The molecular formula is C16H25NO3. The third-order valence-electron chi connectivity index (χ3n) is 3.44. The van der Waals surface area contributed by atoms with Gasteiger partial charge in [-0.2, -0.15) is 0 Å². The second-order valence-corrected chi connectivity index (χ2v) is 5.25. The molecular weight excluding hydrogens is 254 g/mol. The van der Waals surface area contributed by atoms with Gasteiger partial charge in [-0.15, -0.1) is 0 Å². The van der Waals surface area contributed by atoms with Crippen LogP contribution < -0.4 is 4.74 Å². The Hall–Kier alpha value is -1.55. The summed E-state index contributed by atoms with van der Waals surface area (Å²) in [5.74, 6) is 0.875. The first-order valence-corrected chi connectivity index (χ1v) is 7.03. The maximum Gasteiger partial charge on any atom is 0.225 e. The van der Waals surface area contributed by atoms with Crippen LogP contribution >= 0.6 is 0 Å². The third kappa shape index (κ3) is 5.21. The van der Waals surface area contributed by atoms with Crippen LogP contribution in [0.5, 0.6) is 5.75 Å². The van der Waals surface area contributed by atoms with E-state index < -0.39 is 0 Å². The summed E-state index contributed by atoms with van der Waals surface area (Å²) in [7, 11) is 1.75. The molecule has 0 saturated carbocycles. The Morgan fingerprint density at radius 1 is 1.40 bits per heavy atom. The molecule has 112 valence electrons. The van der Waals surface area contributed by atoms with Crippen LogP contribution in [0.3, 0.4) is 0 Å². The van der Waals surface area contributed by atoms with Crippen molar-refractivity contribution in [2.24, 2.45) is 0 Å². The first kappa shape index (κ1) is 16.5. The van der Waals surface area contributed by atoms with Gasteiger partial charge in [-0.05, 0) is 44.4 Å². The molecule has 0 spiro atoms. The summed E-state index contributed by atoms with van der Waals surface area (Å²) in [6.07, 6.45) is 0.570. The fourth-order valence-electron chi connectivity index (χ4n) is 1.82. The highest BCUT2D eigenvalue weighted by Gasteiger charge is 2.10. The van der Waals surface area contributed by atoms with Crippen molar-refractivity contribution in [3.63, 3.8) is 0 Å². The highest BCUT2D eigenvalue weighted by atomic mass is 16.5. The molecule has 0 heterocycles. The molecule has 1 aromatic carbocycles. The summed E-state index contributed by atoms with van der Waals surface area (Å²) in [4.78, 5) is 13.5. The molecule has 4 heteroatoms. The second-order valence-electron chi connectivity index (χ2n) is 5.25. The lowest BCUT2D eigenvalue weighted by atomic mass is 10.1. The number of benzene rings is 1. The van der Waals surface area contributed by atoms with Crippen LogP contribution in [0.1, 0.15) is 30.9 Å². The Kier molecular flexibility index (Phi) is 6.52. The van der Waals surface area contributed by atoms with Crippen molar-refractivity contribution >= 4 is 5.91 Å². The fraction of sp³-hybridized carbons (Fsp3) is 0.562. The molecule has 0 aliphatic carbocycles. The molecule has 0 radical (unpaired) electrons. The summed E-state index contributed by atoms with van der Waals surface area (Å²) in [5.41, 5.74) is 2.30. The SMILES string of the molecule is Cc1cccc(OCCC(=O)N(C)CCC(C)O)c1C. The molecule has 4 nitrogen and oxygen atoms in total. The summed E-state index contributed by atoms with van der Waals surface area (Å²) in [6.45, 7) is 6.72. The van der Waals surface area contributed by atoms with Crippen LogP contribution in [0.4, 0.5) is 0 Å². The van der Waals surface area contributed by atoms with E-state index in [9.17, 15) is 9.90 Å². The van der Waals surface area contributed by atoms with Crippen LogP contribution in [0.15, 0.2) is 18.2 Å². The minimum absolute atomic E-state index is 0.0379. The fourth-order valence-corrected chi connectivity index (χ4v) is 1.82. The zero-order valence-electron chi connectivity index (χ0n) is 12.8. The molecule has 20 heavy (non-hydrogen) atoms. The highest BCUT2D eigenvalue weighted by Crippen LogP contribution is 2.20. The van der Waals surface area contributed by atoms with E-state index >= 15 is 0 Å². The van der Waals surface area contributed by atoms with Gasteiger partial charge in [0.25, 0.3) is 0 Å². The van der Waals surface area contributed by atoms with E-state index in [1.807, 2.05) is 32.0 Å². The molecule has 0 fully saturated rings. The van der Waals surface area contributed by atoms with Crippen molar-refractivity contribution < 1.29 is 14.6 Å². The van der Waals surface area contributed by atoms with E-state index in [0.29, 0.717) is 26.0 Å². The smallest absolute Gasteiger partial charge is 0.225 e. The van der Waals surface area contributed by atoms with Crippen LogP contribution in [0.2, 0.25) is 0 Å². The first-order valence-electron chi connectivity index (χ1n) is 7.03. The maximum absolute atomic E-state index is 11.9. The molecule has 1 N–H and O–H groups in total. The van der Waals surface area contributed by atoms with Gasteiger partial charge in [0.15, 0.2) is 0 Å². The molecule has 0 saturated heterocycles. The van der Waals surface area contributed by atoms with Crippen molar-refractivity contribution in [1.82, 2.24) is 4.90 Å². The topological polar surface area (TPSA) is 49.8 Å². The molecule has 1 unspecified atom stereocenters. The van der Waals surface area contributed by atoms with E-state index in [0.717, 1.165) is 11.3 Å². The van der Waals surface area contributed by atoms with E-state index in [1.165, 1.54) is 5.56 Å². The number of amides is 1. The molecule has 0 bridgehead atoms. The van der Waals surface area contributed by atoms with Gasteiger partial charge < -0.3 is 14.7 Å². The second kappa shape index (κ2) is 7.90. The molecule has 1 atom stereocenters. The van der Waals surface area contributed by atoms with E-state index in [1.54, 1.807) is 18.9 Å². The van der Waals surface area contributed by atoms with Crippen molar-refractivity contribution in [3.8, 4) is 5.75 Å². The largest absolute Gasteiger partial charge is 0.493 e. The van der Waals surface area contributed by atoms with E-state index in [4.69, 9.17) is 4.74 Å². The summed E-state index contributed by atoms with van der Waals surface area (Å²) in [6, 6.07) is 5.91. The van der Waals surface area contributed by atoms with Gasteiger partial charge in [0.2, 0.25) is 5.91 Å². The van der Waals surface area contributed by atoms with Gasteiger partial charge in [0.1, 0.15) is 5.75 Å². The Balaban J connectivity index is 2.36. The first-order chi connectivity index (χ1) is 9.41. The van der Waals surface area contributed by atoms with Gasteiger partial charge >= 0.3 is 0 Å². The monoisotopic (exact) mass is 279 g/mol. The molecule has 1 rings (SSSR count). The van der Waals surface area contributed by atoms with Gasteiger partial charge in [-0.3, -0.25) is 4.79 Å². The number of hydrogen-bond acceptors (Lipinski definition) is 3. The zero-order valence-corrected chi connectivity index (χ0v) is 12.8. The van der Waals surface area contributed by atoms with Crippen molar-refractivity contribution in [3.05, 3.63) is 29.3 Å². The van der Waals surface area contributed by atoms with Crippen LogP contribution in [0.25, 0.3) is 0 Å². The zero-order chi connectivity index (χ0) is 15.1. The average Bonchev–Trinajstić information content (AvgIpc) is 2.40. The lowest BCUT2D eigenvalue weighted by Crippen LogP contribution is -2.30. The predicted molar refractivity (Wildman–Crippen MR) is 80.0 cm³/mol. The van der Waals surface area contributed by atoms with Gasteiger partial charge in [0, 0.05) is 13.6 Å². The van der Waals surface area contributed by atoms with Gasteiger partial charge in [-0.1, -0.05) is 12.1 Å². The molecule has 0 aliphatic heterocycles. The number of rotatable bonds is 7. The minimum Gasteiger partial charge on any atom is -0.493 e. The highest BCUT2D eigenvalue weighted by molar-refractivity contribution is 5.75. The number of ether oxygens (including phenoxy) is 1. The maximum atomic E-state index is 11.9. The summed E-state index contributed by atoms with van der Waals surface area (Å²) >= 11 is 0. The van der Waals surface area contributed by atoms with E-state index in [2.05, 4.69) is 0 Å². The van der Waals surface area contributed by atoms with Crippen LogP contribution in [-0.2, 0) is 4.79 Å². The Labute approximate surface area is 121 Å². The number of aliphatic hydroxyl groups is 1. The van der Waals surface area contributed by atoms with Gasteiger partial charge in [0.05, 0.1) is 19.1 Å². The predicted octanol–water partition coefficient (Wildman–Crippen LogP) is 2.30. The van der Waals surface area contributed by atoms with Crippen LogP contribution in [-0.4, -0.2) is 42.2 Å². The van der Waals surface area contributed by atoms with Crippen molar-refractivity contribution in [2.45, 2.75) is 39.7 Å². The molecule has 1 aromatic rings. The Morgan fingerprint density at radius 3 is 2.75 bits per heavy atom. The Bertz CT molecular complexity index is 443. The number of aryl methyl sites for hydroxylation is 1. The summed E-state index contributed by atoms with van der Waals surface area (Å²) in [5, 5.41) is 9.20. The van der Waals surface area contributed by atoms with Crippen molar-refractivity contribution in [2.75, 3.05) is 20.2 Å². The standard InChI is InChI=1S/C16H25NO3/c1-12-6-5-7-15(14(12)3)20-11-9-16(19)17(4)10-8-13(2)18/h5-7,13,18H,8-11H2,1-4H3. The molecule has 0 aromatic heterocycles. The number of carbonyl (C=O) groups excluding carboxylic acids is 1. The number of hydrogen-bond donors (Lipinski definition) is 1. The quantitative estimate of drug-likeness (QED) is 0.833. The number of carbonyl (C=O) groups is 1.